The molecule has 0 rings (SSSR count). The van der Waals surface area contributed by atoms with Crippen molar-refractivity contribution >= 4 is 0 Å². The van der Waals surface area contributed by atoms with Crippen LogP contribution in [0.1, 0.15) is 25.7 Å². The third kappa shape index (κ3) is 7.82. The summed E-state index contributed by atoms with van der Waals surface area (Å²) in [5.74, 6) is 0. The summed E-state index contributed by atoms with van der Waals surface area (Å²) in [6, 6.07) is 0. The number of alkyl halides is 2. The molecule has 0 aliphatic rings. The minimum absolute atomic E-state index is 0.139. The first-order valence-electron chi connectivity index (χ1n) is 3.15. The number of halogens is 2. The van der Waals surface area contributed by atoms with Crippen LogP contribution in [0, 0.1) is 0 Å². The average molecular weight is 138 g/mol. The summed E-state index contributed by atoms with van der Waals surface area (Å²) in [4.78, 5) is 0. The van der Waals surface area contributed by atoms with E-state index in [2.05, 4.69) is 0 Å². The summed E-state index contributed by atoms with van der Waals surface area (Å²) in [5, 5.41) is 8.09. The molecule has 0 aromatic rings. The summed E-state index contributed by atoms with van der Waals surface area (Å²) in [5.41, 5.74) is 0. The van der Waals surface area contributed by atoms with Crippen molar-refractivity contribution in [2.75, 3.05) is 6.67 Å². The fraction of sp³-hybridized carbons (Fsp3) is 1.00. The van der Waals surface area contributed by atoms with Crippen LogP contribution in [-0.4, -0.2) is 18.1 Å². The van der Waals surface area contributed by atoms with Gasteiger partial charge >= 0.3 is 0 Å². The quantitative estimate of drug-likeness (QED) is 0.574. The second-order valence-corrected chi connectivity index (χ2v) is 1.97. The van der Waals surface area contributed by atoms with Crippen LogP contribution in [0.15, 0.2) is 0 Å². The third-order valence-electron chi connectivity index (χ3n) is 1.08. The minimum Gasteiger partial charge on any atom is -0.364 e. The highest BCUT2D eigenvalue weighted by atomic mass is 19.1. The van der Waals surface area contributed by atoms with Crippen molar-refractivity contribution in [1.82, 2.24) is 0 Å². The van der Waals surface area contributed by atoms with Crippen LogP contribution < -0.4 is 0 Å². The minimum atomic E-state index is -1.72. The Bertz CT molecular complexity index is 57.0. The van der Waals surface area contributed by atoms with Crippen LogP contribution in [0.4, 0.5) is 8.78 Å². The number of unbranched alkanes of at least 4 members (excludes halogenated alkanes) is 2. The van der Waals surface area contributed by atoms with E-state index in [1.165, 1.54) is 0 Å². The lowest BCUT2D eigenvalue weighted by Gasteiger charge is -1.97. The SMILES string of the molecule is OC(F)CCCCCF. The summed E-state index contributed by atoms with van der Waals surface area (Å²) in [6.45, 7) is -0.345. The lowest BCUT2D eigenvalue weighted by Crippen LogP contribution is -1.96. The molecule has 1 nitrogen and oxygen atoms in total. The van der Waals surface area contributed by atoms with Crippen molar-refractivity contribution in [2.45, 2.75) is 32.0 Å². The molecule has 0 radical (unpaired) electrons. The van der Waals surface area contributed by atoms with E-state index in [9.17, 15) is 8.78 Å². The van der Waals surface area contributed by atoms with E-state index in [0.29, 0.717) is 19.3 Å². The van der Waals surface area contributed by atoms with E-state index in [0.717, 1.165) is 0 Å². The second-order valence-electron chi connectivity index (χ2n) is 1.97. The van der Waals surface area contributed by atoms with Gasteiger partial charge in [0.15, 0.2) is 6.36 Å². The van der Waals surface area contributed by atoms with Crippen LogP contribution in [0.3, 0.4) is 0 Å². The number of rotatable bonds is 5. The molecular weight excluding hydrogens is 126 g/mol. The first-order valence-corrected chi connectivity index (χ1v) is 3.15. The maximum atomic E-state index is 11.6. The zero-order chi connectivity index (χ0) is 7.11. The molecule has 0 aliphatic carbocycles. The molecule has 0 aromatic carbocycles. The summed E-state index contributed by atoms with van der Waals surface area (Å²) < 4.78 is 23.0. The van der Waals surface area contributed by atoms with Gasteiger partial charge in [0.05, 0.1) is 6.67 Å². The Hall–Kier alpha value is -0.180. The number of hydrogen-bond acceptors (Lipinski definition) is 1. The Morgan fingerprint density at radius 3 is 2.33 bits per heavy atom. The topological polar surface area (TPSA) is 20.2 Å². The van der Waals surface area contributed by atoms with Gasteiger partial charge in [0.1, 0.15) is 0 Å². The Balaban J connectivity index is 2.75. The lowest BCUT2D eigenvalue weighted by molar-refractivity contribution is 0.0322. The summed E-state index contributed by atoms with van der Waals surface area (Å²) >= 11 is 0. The van der Waals surface area contributed by atoms with Gasteiger partial charge in [-0.15, -0.1) is 0 Å². The van der Waals surface area contributed by atoms with Gasteiger partial charge in [-0.05, 0) is 12.8 Å². The maximum Gasteiger partial charge on any atom is 0.196 e. The zero-order valence-corrected chi connectivity index (χ0v) is 5.32. The van der Waals surface area contributed by atoms with Crippen molar-refractivity contribution in [3.63, 3.8) is 0 Å². The van der Waals surface area contributed by atoms with E-state index >= 15 is 0 Å². The first-order chi connectivity index (χ1) is 4.27. The number of hydrogen-bond donors (Lipinski definition) is 1. The molecule has 0 amide bonds. The predicted octanol–water partition coefficient (Wildman–Crippen LogP) is 1.80. The Kier molecular flexibility index (Phi) is 5.83. The van der Waals surface area contributed by atoms with Crippen molar-refractivity contribution < 1.29 is 13.9 Å². The van der Waals surface area contributed by atoms with Gasteiger partial charge in [0.25, 0.3) is 0 Å². The van der Waals surface area contributed by atoms with Crippen LogP contribution >= 0.6 is 0 Å². The van der Waals surface area contributed by atoms with Gasteiger partial charge in [-0.1, -0.05) is 6.42 Å². The van der Waals surface area contributed by atoms with Crippen molar-refractivity contribution in [3.8, 4) is 0 Å². The first kappa shape index (κ1) is 8.82. The van der Waals surface area contributed by atoms with E-state index in [1.807, 2.05) is 0 Å². The molecule has 0 saturated carbocycles. The fourth-order valence-electron chi connectivity index (χ4n) is 0.584. The van der Waals surface area contributed by atoms with Crippen molar-refractivity contribution in [1.29, 1.82) is 0 Å². The molecule has 9 heavy (non-hydrogen) atoms. The van der Waals surface area contributed by atoms with E-state index in [4.69, 9.17) is 5.11 Å². The Morgan fingerprint density at radius 2 is 1.89 bits per heavy atom. The highest BCUT2D eigenvalue weighted by Crippen LogP contribution is 2.03. The standard InChI is InChI=1S/C6H12F2O/c7-5-3-1-2-4-6(8)9/h6,9H,1-5H2. The zero-order valence-electron chi connectivity index (χ0n) is 5.32. The van der Waals surface area contributed by atoms with Crippen molar-refractivity contribution in [2.24, 2.45) is 0 Å². The van der Waals surface area contributed by atoms with Gasteiger partial charge in [0.2, 0.25) is 0 Å². The van der Waals surface area contributed by atoms with E-state index in [1.54, 1.807) is 0 Å². The van der Waals surface area contributed by atoms with Crippen LogP contribution in [-0.2, 0) is 0 Å². The number of aliphatic hydroxyl groups excluding tert-OH is 1. The molecule has 0 aromatic heterocycles. The molecule has 3 heteroatoms. The fourth-order valence-corrected chi connectivity index (χ4v) is 0.584. The van der Waals surface area contributed by atoms with Gasteiger partial charge in [-0.2, -0.15) is 0 Å². The molecule has 1 N–H and O–H groups in total. The largest absolute Gasteiger partial charge is 0.364 e. The molecule has 1 atom stereocenters. The van der Waals surface area contributed by atoms with Crippen molar-refractivity contribution in [3.05, 3.63) is 0 Å². The molecule has 0 aliphatic heterocycles. The van der Waals surface area contributed by atoms with Gasteiger partial charge in [-0.3, -0.25) is 4.39 Å². The van der Waals surface area contributed by atoms with Gasteiger partial charge < -0.3 is 5.11 Å². The van der Waals surface area contributed by atoms with Crippen LogP contribution in [0.5, 0.6) is 0 Å². The maximum absolute atomic E-state index is 11.6. The van der Waals surface area contributed by atoms with E-state index in [-0.39, 0.29) is 13.1 Å². The molecule has 56 valence electrons. The van der Waals surface area contributed by atoms with Crippen LogP contribution in [0.2, 0.25) is 0 Å². The Morgan fingerprint density at radius 1 is 1.22 bits per heavy atom. The molecule has 0 spiro atoms. The predicted molar refractivity (Wildman–Crippen MR) is 31.6 cm³/mol. The number of aliphatic hydroxyl groups is 1. The molecule has 0 bridgehead atoms. The molecule has 0 heterocycles. The Labute approximate surface area is 53.7 Å². The average Bonchev–Trinajstić information content (AvgIpc) is 1.80. The summed E-state index contributed by atoms with van der Waals surface area (Å²) in [7, 11) is 0. The van der Waals surface area contributed by atoms with Gasteiger partial charge in [0, 0.05) is 6.42 Å². The van der Waals surface area contributed by atoms with Gasteiger partial charge in [-0.25, -0.2) is 4.39 Å². The summed E-state index contributed by atoms with van der Waals surface area (Å²) in [6.07, 6.45) is 0.135. The van der Waals surface area contributed by atoms with Crippen LogP contribution in [0.25, 0.3) is 0 Å². The lowest BCUT2D eigenvalue weighted by atomic mass is 10.2. The van der Waals surface area contributed by atoms with E-state index < -0.39 is 6.36 Å². The third-order valence-corrected chi connectivity index (χ3v) is 1.08. The molecule has 1 unspecified atom stereocenters. The molecule has 0 fully saturated rings. The monoisotopic (exact) mass is 138 g/mol. The smallest absolute Gasteiger partial charge is 0.196 e. The highest BCUT2D eigenvalue weighted by Gasteiger charge is 1.97. The highest BCUT2D eigenvalue weighted by molar-refractivity contribution is 4.42. The molecule has 0 saturated heterocycles. The normalized spacial score (nSPS) is 13.7. The second kappa shape index (κ2) is 5.95. The molecular formula is C6H12F2O.